The molecule has 2 aromatic carbocycles. The van der Waals surface area contributed by atoms with E-state index in [9.17, 15) is 32.3 Å². The maximum Gasteiger partial charge on any atom is 0.424 e. The molecule has 4 aromatic rings. The molecule has 0 unspecified atom stereocenters. The average Bonchev–Trinajstić information content (AvgIpc) is 3.42. The number of nitrogens with zero attached hydrogens (tertiary/aromatic N) is 3. The molecule has 5 rings (SSSR count). The predicted octanol–water partition coefficient (Wildman–Crippen LogP) is 2.67. The molecule has 1 aliphatic rings. The van der Waals surface area contributed by atoms with E-state index in [-0.39, 0.29) is 40.7 Å². The molecule has 10 nitrogen and oxygen atoms in total. The van der Waals surface area contributed by atoms with E-state index in [4.69, 9.17) is 16.2 Å². The van der Waals surface area contributed by atoms with Gasteiger partial charge in [0.2, 0.25) is 17.5 Å². The molecule has 1 aliphatic heterocycles. The van der Waals surface area contributed by atoms with Crippen molar-refractivity contribution < 1.29 is 37.0 Å². The molecule has 0 saturated carbocycles. The lowest BCUT2D eigenvalue weighted by Gasteiger charge is -2.31. The van der Waals surface area contributed by atoms with Crippen LogP contribution < -0.4 is 21.5 Å². The number of aliphatic hydroxyl groups is 1. The van der Waals surface area contributed by atoms with Crippen molar-refractivity contribution in [2.75, 3.05) is 18.9 Å². The first-order valence-corrected chi connectivity index (χ1v) is 12.2. The predicted molar refractivity (Wildman–Crippen MR) is 139 cm³/mol. The van der Waals surface area contributed by atoms with E-state index in [0.717, 1.165) is 18.2 Å². The molecule has 14 heteroatoms. The first-order valence-electron chi connectivity index (χ1n) is 12.2. The minimum absolute atomic E-state index is 0.0243. The molecule has 2 atom stereocenters. The van der Waals surface area contributed by atoms with Gasteiger partial charge < -0.3 is 31.2 Å². The Morgan fingerprint density at radius 1 is 1.15 bits per heavy atom. The zero-order valence-corrected chi connectivity index (χ0v) is 21.7. The number of nitrogen functional groups attached to an aromatic ring is 1. The number of aromatic nitrogens is 3. The number of nitrogens with two attached hydrogens (primary N) is 2. The van der Waals surface area contributed by atoms with Crippen LogP contribution >= 0.6 is 0 Å². The van der Waals surface area contributed by atoms with Crippen LogP contribution in [0.3, 0.4) is 0 Å². The number of ether oxygens (including phenoxy) is 1. The van der Waals surface area contributed by atoms with Gasteiger partial charge in [-0.1, -0.05) is 0 Å². The first-order chi connectivity index (χ1) is 19.2. The summed E-state index contributed by atoms with van der Waals surface area (Å²) in [7, 11) is 1.66. The van der Waals surface area contributed by atoms with Crippen molar-refractivity contribution in [2.24, 2.45) is 12.8 Å². The maximum atomic E-state index is 14.5. The Kier molecular flexibility index (Phi) is 6.41. The second-order valence-electron chi connectivity index (χ2n) is 10.00. The summed E-state index contributed by atoms with van der Waals surface area (Å²) in [6.45, 7) is -0.243. The van der Waals surface area contributed by atoms with Gasteiger partial charge in [0.15, 0.2) is 0 Å². The Morgan fingerprint density at radius 2 is 1.83 bits per heavy atom. The van der Waals surface area contributed by atoms with Crippen LogP contribution in [0.2, 0.25) is 0 Å². The lowest BCUT2D eigenvalue weighted by atomic mass is 9.81. The van der Waals surface area contributed by atoms with Gasteiger partial charge in [-0.3, -0.25) is 9.59 Å². The van der Waals surface area contributed by atoms with Gasteiger partial charge in [0, 0.05) is 23.7 Å². The number of alkyl halides is 3. The number of aryl methyl sites for hydroxylation is 1. The van der Waals surface area contributed by atoms with E-state index >= 15 is 0 Å². The van der Waals surface area contributed by atoms with Crippen molar-refractivity contribution in [1.29, 1.82) is 0 Å². The van der Waals surface area contributed by atoms with Crippen LogP contribution in [0.25, 0.3) is 22.3 Å². The molecule has 41 heavy (non-hydrogen) atoms. The molecule has 0 saturated heterocycles. The van der Waals surface area contributed by atoms with Gasteiger partial charge in [0.25, 0.3) is 5.91 Å². The second-order valence-corrected chi connectivity index (χ2v) is 10.00. The number of nitrogens with one attached hydrogen (secondary N) is 1. The zero-order valence-electron chi connectivity index (χ0n) is 21.7. The van der Waals surface area contributed by atoms with Gasteiger partial charge in [-0.15, -0.1) is 0 Å². The summed E-state index contributed by atoms with van der Waals surface area (Å²) in [4.78, 5) is 33.4. The fourth-order valence-corrected chi connectivity index (χ4v) is 4.61. The SMILES string of the molecule is Cn1c(N)nc2cc(C(=O)NC[C@](O)(c3cc4c(c(-c5ccc(F)cc5)n3)OC[C@]4(C)C(N)=O)C(F)(F)F)ccc21. The quantitative estimate of drug-likeness (QED) is 0.259. The lowest BCUT2D eigenvalue weighted by Crippen LogP contribution is -2.51. The van der Waals surface area contributed by atoms with Crippen LogP contribution in [0, 0.1) is 5.82 Å². The third kappa shape index (κ3) is 4.49. The van der Waals surface area contributed by atoms with E-state index in [0.29, 0.717) is 11.0 Å². The molecular weight excluding hydrogens is 548 g/mol. The van der Waals surface area contributed by atoms with Crippen molar-refractivity contribution in [3.05, 3.63) is 71.2 Å². The van der Waals surface area contributed by atoms with Crippen molar-refractivity contribution in [3.8, 4) is 17.0 Å². The van der Waals surface area contributed by atoms with Crippen molar-refractivity contribution >= 4 is 28.8 Å². The summed E-state index contributed by atoms with van der Waals surface area (Å²) in [5, 5.41) is 13.3. The molecule has 2 aromatic heterocycles. The smallest absolute Gasteiger partial charge is 0.424 e. The van der Waals surface area contributed by atoms with Gasteiger partial charge in [0.1, 0.15) is 29.3 Å². The number of pyridine rings is 1. The summed E-state index contributed by atoms with van der Waals surface area (Å²) < 4.78 is 64.5. The summed E-state index contributed by atoms with van der Waals surface area (Å²) >= 11 is 0. The normalized spacial score (nSPS) is 18.0. The molecule has 3 heterocycles. The van der Waals surface area contributed by atoms with E-state index < -0.39 is 47.1 Å². The van der Waals surface area contributed by atoms with E-state index in [1.165, 1.54) is 37.3 Å². The van der Waals surface area contributed by atoms with E-state index in [1.54, 1.807) is 11.6 Å². The van der Waals surface area contributed by atoms with Gasteiger partial charge in [-0.25, -0.2) is 14.4 Å². The molecule has 6 N–H and O–H groups in total. The summed E-state index contributed by atoms with van der Waals surface area (Å²) in [6.07, 6.45) is -5.34. The van der Waals surface area contributed by atoms with Crippen LogP contribution in [0.1, 0.15) is 28.5 Å². The van der Waals surface area contributed by atoms with Gasteiger partial charge in [0.05, 0.1) is 23.3 Å². The van der Waals surface area contributed by atoms with Crippen LogP contribution in [-0.4, -0.2) is 50.8 Å². The average molecular weight is 573 g/mol. The Hall–Kier alpha value is -4.72. The van der Waals surface area contributed by atoms with E-state index in [2.05, 4.69) is 15.3 Å². The number of rotatable bonds is 6. The third-order valence-corrected chi connectivity index (χ3v) is 7.31. The number of carbonyl (C=O) groups excluding carboxylic acids is 2. The van der Waals surface area contributed by atoms with Gasteiger partial charge >= 0.3 is 6.18 Å². The number of hydrogen-bond donors (Lipinski definition) is 4. The number of amides is 2. The first kappa shape index (κ1) is 27.8. The molecular formula is C27H24F4N6O4. The second kappa shape index (κ2) is 9.44. The van der Waals surface area contributed by atoms with Crippen LogP contribution in [0.5, 0.6) is 5.75 Å². The molecule has 0 fully saturated rings. The highest BCUT2D eigenvalue weighted by Gasteiger charge is 2.57. The van der Waals surface area contributed by atoms with Crippen LogP contribution in [0.15, 0.2) is 48.5 Å². The Labute approximate surface area is 229 Å². The number of hydrogen-bond acceptors (Lipinski definition) is 7. The van der Waals surface area contributed by atoms with Crippen molar-refractivity contribution in [3.63, 3.8) is 0 Å². The lowest BCUT2D eigenvalue weighted by molar-refractivity contribution is -0.265. The van der Waals surface area contributed by atoms with Crippen molar-refractivity contribution in [2.45, 2.75) is 24.1 Å². The number of benzene rings is 2. The monoisotopic (exact) mass is 572 g/mol. The fraction of sp³-hybridized carbons (Fsp3) is 0.259. The standard InChI is InChI=1S/C27H24F4N6O4/c1-25(23(32)39)12-41-21-16(25)10-19(36-20(21)13-3-6-15(28)7-4-13)26(40,27(29,30)31)11-34-22(38)14-5-8-18-17(9-14)35-24(33)37(18)2/h3-10,40H,11-12H2,1-2H3,(H2,32,39)(H2,33,35)(H,34,38)/t25-,26-/m0/s1. The molecule has 214 valence electrons. The number of halogens is 4. The largest absolute Gasteiger partial charge is 0.489 e. The minimum atomic E-state index is -5.34. The number of imidazole rings is 1. The third-order valence-electron chi connectivity index (χ3n) is 7.31. The minimum Gasteiger partial charge on any atom is -0.489 e. The molecule has 0 radical (unpaired) electrons. The maximum absolute atomic E-state index is 14.5. The Morgan fingerprint density at radius 3 is 2.46 bits per heavy atom. The summed E-state index contributed by atoms with van der Waals surface area (Å²) in [6, 6.07) is 9.82. The summed E-state index contributed by atoms with van der Waals surface area (Å²) in [5.41, 5.74) is 6.02. The van der Waals surface area contributed by atoms with Crippen molar-refractivity contribution in [1.82, 2.24) is 19.9 Å². The number of carbonyl (C=O) groups is 2. The highest BCUT2D eigenvalue weighted by molar-refractivity contribution is 5.97. The van der Waals surface area contributed by atoms with Gasteiger partial charge in [-0.05, 0) is 55.5 Å². The van der Waals surface area contributed by atoms with E-state index in [1.807, 2.05) is 0 Å². The summed E-state index contributed by atoms with van der Waals surface area (Å²) in [5.74, 6) is -2.27. The topological polar surface area (TPSA) is 158 Å². The Bertz CT molecular complexity index is 1700. The number of primary amides is 1. The van der Waals surface area contributed by atoms with Gasteiger partial charge in [-0.2, -0.15) is 13.2 Å². The molecule has 2 amide bonds. The molecule has 0 aliphatic carbocycles. The Balaban J connectivity index is 1.58. The highest BCUT2D eigenvalue weighted by atomic mass is 19.4. The number of anilines is 1. The molecule has 0 spiro atoms. The molecule has 0 bridgehead atoms. The fourth-order valence-electron chi connectivity index (χ4n) is 4.61. The highest BCUT2D eigenvalue weighted by Crippen LogP contribution is 2.47. The van der Waals surface area contributed by atoms with Crippen LogP contribution in [0.4, 0.5) is 23.5 Å². The van der Waals surface area contributed by atoms with Crippen LogP contribution in [-0.2, 0) is 22.9 Å². The zero-order chi connectivity index (χ0) is 29.9. The number of fused-ring (bicyclic) bond motifs is 2.